The van der Waals surface area contributed by atoms with E-state index in [1.807, 2.05) is 0 Å². The van der Waals surface area contributed by atoms with E-state index in [2.05, 4.69) is 17.1 Å². The van der Waals surface area contributed by atoms with Crippen molar-refractivity contribution in [2.45, 2.75) is 51.5 Å². The first-order chi connectivity index (χ1) is 8.90. The zero-order chi connectivity index (χ0) is 12.6. The second-order valence-corrected chi connectivity index (χ2v) is 5.81. The van der Waals surface area contributed by atoms with Gasteiger partial charge in [-0.25, -0.2) is 0 Å². The van der Waals surface area contributed by atoms with Crippen LogP contribution in [0.2, 0.25) is 0 Å². The van der Waals surface area contributed by atoms with Crippen molar-refractivity contribution in [3.63, 3.8) is 0 Å². The van der Waals surface area contributed by atoms with Gasteiger partial charge >= 0.3 is 0 Å². The van der Waals surface area contributed by atoms with E-state index in [4.69, 9.17) is 4.74 Å². The Labute approximate surface area is 112 Å². The van der Waals surface area contributed by atoms with E-state index in [-0.39, 0.29) is 0 Å². The number of ether oxygens (including phenoxy) is 1. The summed E-state index contributed by atoms with van der Waals surface area (Å²) in [5.74, 6) is 0.923. The van der Waals surface area contributed by atoms with Crippen LogP contribution in [0.15, 0.2) is 0 Å². The minimum atomic E-state index is 0.731. The summed E-state index contributed by atoms with van der Waals surface area (Å²) in [7, 11) is 0. The van der Waals surface area contributed by atoms with Crippen LogP contribution in [0, 0.1) is 5.92 Å². The quantitative estimate of drug-likeness (QED) is 0.762. The van der Waals surface area contributed by atoms with Crippen LogP contribution in [0.5, 0.6) is 0 Å². The fourth-order valence-corrected chi connectivity index (χ4v) is 3.42. The monoisotopic (exact) mass is 254 g/mol. The van der Waals surface area contributed by atoms with E-state index in [1.165, 1.54) is 58.2 Å². The first kappa shape index (κ1) is 14.3. The molecule has 2 fully saturated rings. The molecule has 0 amide bonds. The number of nitrogens with one attached hydrogen (secondary N) is 1. The van der Waals surface area contributed by atoms with Crippen molar-refractivity contribution in [1.82, 2.24) is 10.2 Å². The minimum Gasteiger partial charge on any atom is -0.380 e. The van der Waals surface area contributed by atoms with Gasteiger partial charge in [0.1, 0.15) is 0 Å². The Hall–Kier alpha value is -0.120. The molecule has 1 saturated heterocycles. The molecule has 1 atom stereocenters. The third-order valence-corrected chi connectivity index (χ3v) is 4.49. The maximum atomic E-state index is 5.50. The summed E-state index contributed by atoms with van der Waals surface area (Å²) in [5.41, 5.74) is 0. The van der Waals surface area contributed by atoms with Crippen LogP contribution in [-0.2, 0) is 4.74 Å². The maximum Gasteiger partial charge on any atom is 0.0593 e. The lowest BCUT2D eigenvalue weighted by molar-refractivity contribution is 0.107. The number of nitrogens with zero attached hydrogens (tertiary/aromatic N) is 1. The molecule has 2 aliphatic rings. The Balaban J connectivity index is 1.78. The average molecular weight is 254 g/mol. The highest BCUT2D eigenvalue weighted by atomic mass is 16.5. The fraction of sp³-hybridized carbons (Fsp3) is 1.00. The molecule has 0 bridgehead atoms. The lowest BCUT2D eigenvalue weighted by atomic mass is 9.83. The van der Waals surface area contributed by atoms with Gasteiger partial charge in [-0.15, -0.1) is 0 Å². The molecule has 1 heterocycles. The van der Waals surface area contributed by atoms with Gasteiger partial charge in [-0.05, 0) is 45.2 Å². The number of hydrogen-bond acceptors (Lipinski definition) is 3. The van der Waals surface area contributed by atoms with Crippen LogP contribution in [0.1, 0.15) is 45.4 Å². The van der Waals surface area contributed by atoms with E-state index in [1.54, 1.807) is 0 Å². The molecule has 106 valence electrons. The molecule has 2 rings (SSSR count). The van der Waals surface area contributed by atoms with Gasteiger partial charge in [-0.1, -0.05) is 19.3 Å². The lowest BCUT2D eigenvalue weighted by Gasteiger charge is -2.32. The van der Waals surface area contributed by atoms with Crippen LogP contribution < -0.4 is 5.32 Å². The van der Waals surface area contributed by atoms with Gasteiger partial charge in [-0.2, -0.15) is 0 Å². The standard InChI is InChI=1S/C15H30N2O/c1-2-18-12-11-17-10-6-9-16-15(13-17)14-7-4-3-5-8-14/h14-16H,2-13H2,1H3. The van der Waals surface area contributed by atoms with Crippen LogP contribution in [0.3, 0.4) is 0 Å². The van der Waals surface area contributed by atoms with Crippen LogP contribution in [-0.4, -0.2) is 50.3 Å². The van der Waals surface area contributed by atoms with Crippen LogP contribution >= 0.6 is 0 Å². The Morgan fingerprint density at radius 3 is 2.78 bits per heavy atom. The summed E-state index contributed by atoms with van der Waals surface area (Å²) in [4.78, 5) is 2.61. The molecule has 18 heavy (non-hydrogen) atoms. The van der Waals surface area contributed by atoms with Crippen molar-refractivity contribution < 1.29 is 4.74 Å². The second kappa shape index (κ2) is 8.13. The van der Waals surface area contributed by atoms with Gasteiger partial charge < -0.3 is 10.1 Å². The molecule has 0 aromatic carbocycles. The van der Waals surface area contributed by atoms with Crippen molar-refractivity contribution in [2.24, 2.45) is 5.92 Å². The van der Waals surface area contributed by atoms with Gasteiger partial charge in [0.05, 0.1) is 6.61 Å². The number of rotatable bonds is 5. The predicted molar refractivity (Wildman–Crippen MR) is 75.9 cm³/mol. The lowest BCUT2D eigenvalue weighted by Crippen LogP contribution is -2.44. The SMILES string of the molecule is CCOCCN1CCCNC(C2CCCCC2)C1. The zero-order valence-corrected chi connectivity index (χ0v) is 12.0. The summed E-state index contributed by atoms with van der Waals surface area (Å²) < 4.78 is 5.50. The fourth-order valence-electron chi connectivity index (χ4n) is 3.42. The third-order valence-electron chi connectivity index (χ3n) is 4.49. The summed E-state index contributed by atoms with van der Waals surface area (Å²) in [6.45, 7) is 8.60. The van der Waals surface area contributed by atoms with Crippen molar-refractivity contribution in [2.75, 3.05) is 39.4 Å². The molecule has 0 spiro atoms. The summed E-state index contributed by atoms with van der Waals surface area (Å²) in [5, 5.41) is 3.79. The maximum absolute atomic E-state index is 5.50. The molecule has 3 heteroatoms. The molecule has 1 aliphatic heterocycles. The van der Waals surface area contributed by atoms with Crippen molar-refractivity contribution in [1.29, 1.82) is 0 Å². The van der Waals surface area contributed by atoms with Gasteiger partial charge in [0, 0.05) is 25.7 Å². The Bertz CT molecular complexity index is 217. The van der Waals surface area contributed by atoms with E-state index in [0.717, 1.165) is 31.7 Å². The van der Waals surface area contributed by atoms with E-state index >= 15 is 0 Å². The van der Waals surface area contributed by atoms with Crippen LogP contribution in [0.25, 0.3) is 0 Å². The van der Waals surface area contributed by atoms with E-state index < -0.39 is 0 Å². The molecule has 1 N–H and O–H groups in total. The van der Waals surface area contributed by atoms with Gasteiger partial charge in [0.15, 0.2) is 0 Å². The highest BCUT2D eigenvalue weighted by Crippen LogP contribution is 2.27. The highest BCUT2D eigenvalue weighted by molar-refractivity contribution is 4.84. The second-order valence-electron chi connectivity index (χ2n) is 5.81. The molecule has 1 aliphatic carbocycles. The Morgan fingerprint density at radius 2 is 2.00 bits per heavy atom. The highest BCUT2D eigenvalue weighted by Gasteiger charge is 2.26. The van der Waals surface area contributed by atoms with Gasteiger partial charge in [0.2, 0.25) is 0 Å². The summed E-state index contributed by atoms with van der Waals surface area (Å²) in [6.07, 6.45) is 8.52. The smallest absolute Gasteiger partial charge is 0.0593 e. The normalized spacial score (nSPS) is 28.2. The van der Waals surface area contributed by atoms with E-state index in [0.29, 0.717) is 0 Å². The molecular weight excluding hydrogens is 224 g/mol. The van der Waals surface area contributed by atoms with Crippen molar-refractivity contribution >= 4 is 0 Å². The largest absolute Gasteiger partial charge is 0.380 e. The van der Waals surface area contributed by atoms with Gasteiger partial charge in [-0.3, -0.25) is 4.90 Å². The predicted octanol–water partition coefficient (Wildman–Crippen LogP) is 2.27. The number of hydrogen-bond donors (Lipinski definition) is 1. The van der Waals surface area contributed by atoms with Crippen molar-refractivity contribution in [3.05, 3.63) is 0 Å². The summed E-state index contributed by atoms with van der Waals surface area (Å²) in [6, 6.07) is 0.731. The summed E-state index contributed by atoms with van der Waals surface area (Å²) >= 11 is 0. The zero-order valence-electron chi connectivity index (χ0n) is 12.0. The van der Waals surface area contributed by atoms with Gasteiger partial charge in [0.25, 0.3) is 0 Å². The van der Waals surface area contributed by atoms with Crippen molar-refractivity contribution in [3.8, 4) is 0 Å². The topological polar surface area (TPSA) is 24.5 Å². The van der Waals surface area contributed by atoms with E-state index in [9.17, 15) is 0 Å². The molecular formula is C15H30N2O. The molecule has 1 saturated carbocycles. The van der Waals surface area contributed by atoms with Crippen LogP contribution in [0.4, 0.5) is 0 Å². The Morgan fingerprint density at radius 1 is 1.17 bits per heavy atom. The average Bonchev–Trinajstić information content (AvgIpc) is 2.66. The third kappa shape index (κ3) is 4.52. The molecule has 1 unspecified atom stereocenters. The first-order valence-electron chi connectivity index (χ1n) is 7.93. The molecule has 0 aromatic rings. The molecule has 0 aromatic heterocycles. The molecule has 3 nitrogen and oxygen atoms in total. The molecule has 0 radical (unpaired) electrons. The first-order valence-corrected chi connectivity index (χ1v) is 7.93. The Kier molecular flexibility index (Phi) is 6.46. The minimum absolute atomic E-state index is 0.731.